The van der Waals surface area contributed by atoms with Gasteiger partial charge in [0, 0.05) is 18.6 Å². The Labute approximate surface area is 151 Å². The minimum absolute atomic E-state index is 0.129. The summed E-state index contributed by atoms with van der Waals surface area (Å²) < 4.78 is 5.20. The number of hydrogen-bond acceptors (Lipinski definition) is 3. The lowest BCUT2D eigenvalue weighted by atomic mass is 9.64. The van der Waals surface area contributed by atoms with Crippen LogP contribution in [0.5, 0.6) is 0 Å². The fraction of sp³-hybridized carbons (Fsp3) is 0.667. The van der Waals surface area contributed by atoms with Gasteiger partial charge in [-0.1, -0.05) is 30.3 Å². The number of carbonyl (C=O) groups excluding carboxylic acids is 1. The van der Waals surface area contributed by atoms with Crippen LogP contribution >= 0.6 is 0 Å². The van der Waals surface area contributed by atoms with Crippen molar-refractivity contribution in [2.45, 2.75) is 37.6 Å². The molecule has 1 amide bonds. The first-order valence-corrected chi connectivity index (χ1v) is 9.64. The van der Waals surface area contributed by atoms with Gasteiger partial charge in [0.25, 0.3) is 0 Å². The Morgan fingerprint density at radius 2 is 1.76 bits per heavy atom. The molecule has 0 aromatic heterocycles. The van der Waals surface area contributed by atoms with E-state index in [1.165, 1.54) is 37.7 Å². The smallest absolute Gasteiger partial charge is 0.230 e. The van der Waals surface area contributed by atoms with Gasteiger partial charge in [-0.3, -0.25) is 9.69 Å². The Bertz CT molecular complexity index is 616. The van der Waals surface area contributed by atoms with Crippen LogP contribution in [0, 0.1) is 11.3 Å². The molecule has 1 aromatic rings. The standard InChI is InChI=1S/C21H30N2O2/c1-22(2)21(18-6-4-3-5-7-18)10-8-20(9-11-21)12-13-23(16-20)19(24)17-14-25-15-17/h3-7,17H,8-16H2,1-2H3. The van der Waals surface area contributed by atoms with Crippen LogP contribution in [0.15, 0.2) is 30.3 Å². The lowest BCUT2D eigenvalue weighted by Gasteiger charge is -2.49. The maximum absolute atomic E-state index is 12.5. The molecule has 0 radical (unpaired) electrons. The molecular formula is C21H30N2O2. The number of benzene rings is 1. The molecule has 25 heavy (non-hydrogen) atoms. The molecule has 3 fully saturated rings. The molecule has 0 atom stereocenters. The number of amides is 1. The topological polar surface area (TPSA) is 32.8 Å². The zero-order valence-corrected chi connectivity index (χ0v) is 15.5. The van der Waals surface area contributed by atoms with E-state index in [9.17, 15) is 4.79 Å². The molecule has 1 aromatic carbocycles. The van der Waals surface area contributed by atoms with Crippen LogP contribution < -0.4 is 0 Å². The first-order chi connectivity index (χ1) is 12.0. The van der Waals surface area contributed by atoms with Gasteiger partial charge in [-0.2, -0.15) is 0 Å². The van der Waals surface area contributed by atoms with Gasteiger partial charge in [-0.25, -0.2) is 0 Å². The molecule has 3 aliphatic rings. The van der Waals surface area contributed by atoms with Gasteiger partial charge in [0.1, 0.15) is 0 Å². The molecule has 4 nitrogen and oxygen atoms in total. The van der Waals surface area contributed by atoms with Crippen LogP contribution in [0.2, 0.25) is 0 Å². The van der Waals surface area contributed by atoms with Crippen molar-refractivity contribution < 1.29 is 9.53 Å². The Kier molecular flexibility index (Phi) is 4.37. The molecule has 4 rings (SSSR count). The molecule has 2 heterocycles. The third-order valence-electron chi connectivity index (χ3n) is 7.04. The van der Waals surface area contributed by atoms with Gasteiger partial charge in [-0.15, -0.1) is 0 Å². The van der Waals surface area contributed by atoms with Crippen LogP contribution in [-0.2, 0) is 15.1 Å². The molecule has 136 valence electrons. The summed E-state index contributed by atoms with van der Waals surface area (Å²) in [6.45, 7) is 3.15. The third-order valence-corrected chi connectivity index (χ3v) is 7.04. The summed E-state index contributed by atoms with van der Waals surface area (Å²) in [6.07, 6.45) is 5.96. The molecule has 4 heteroatoms. The normalized spacial score (nSPS) is 33.0. The molecule has 2 saturated heterocycles. The quantitative estimate of drug-likeness (QED) is 0.847. The van der Waals surface area contributed by atoms with E-state index >= 15 is 0 Å². The van der Waals surface area contributed by atoms with E-state index in [1.54, 1.807) is 0 Å². The second-order valence-electron chi connectivity index (χ2n) is 8.54. The minimum Gasteiger partial charge on any atom is -0.380 e. The number of likely N-dealkylation sites (tertiary alicyclic amines) is 1. The Morgan fingerprint density at radius 1 is 1.08 bits per heavy atom. The van der Waals surface area contributed by atoms with Crippen molar-refractivity contribution in [1.29, 1.82) is 0 Å². The summed E-state index contributed by atoms with van der Waals surface area (Å²) in [5, 5.41) is 0. The Hall–Kier alpha value is -1.39. The minimum atomic E-state index is 0.129. The van der Waals surface area contributed by atoms with E-state index in [0.717, 1.165) is 13.1 Å². The fourth-order valence-corrected chi connectivity index (χ4v) is 5.10. The van der Waals surface area contributed by atoms with Crippen LogP contribution in [0.3, 0.4) is 0 Å². The molecule has 1 spiro atoms. The highest BCUT2D eigenvalue weighted by Crippen LogP contribution is 2.51. The molecule has 1 saturated carbocycles. The van der Waals surface area contributed by atoms with Gasteiger partial charge in [0.2, 0.25) is 5.91 Å². The highest BCUT2D eigenvalue weighted by molar-refractivity contribution is 5.80. The molecule has 0 N–H and O–H groups in total. The van der Waals surface area contributed by atoms with Crippen LogP contribution in [0.1, 0.15) is 37.7 Å². The summed E-state index contributed by atoms with van der Waals surface area (Å²) in [4.78, 5) is 17.1. The number of nitrogens with zero attached hydrogens (tertiary/aromatic N) is 2. The van der Waals surface area contributed by atoms with Crippen LogP contribution in [0.25, 0.3) is 0 Å². The average molecular weight is 342 g/mol. The van der Waals surface area contributed by atoms with Gasteiger partial charge < -0.3 is 9.64 Å². The Morgan fingerprint density at radius 3 is 2.32 bits per heavy atom. The maximum Gasteiger partial charge on any atom is 0.230 e. The van der Waals surface area contributed by atoms with Crippen molar-refractivity contribution in [2.24, 2.45) is 11.3 Å². The summed E-state index contributed by atoms with van der Waals surface area (Å²) in [5.41, 5.74) is 1.92. The molecule has 2 aliphatic heterocycles. The second-order valence-corrected chi connectivity index (χ2v) is 8.54. The third kappa shape index (κ3) is 2.89. The van der Waals surface area contributed by atoms with E-state index in [1.807, 2.05) is 0 Å². The second kappa shape index (κ2) is 6.40. The lowest BCUT2D eigenvalue weighted by Crippen LogP contribution is -2.48. The van der Waals surface area contributed by atoms with Crippen molar-refractivity contribution >= 4 is 5.91 Å². The van der Waals surface area contributed by atoms with E-state index in [2.05, 4.69) is 54.2 Å². The highest BCUT2D eigenvalue weighted by Gasteiger charge is 2.49. The lowest BCUT2D eigenvalue weighted by molar-refractivity contribution is -0.149. The summed E-state index contributed by atoms with van der Waals surface area (Å²) >= 11 is 0. The van der Waals surface area contributed by atoms with Crippen molar-refractivity contribution in [3.05, 3.63) is 35.9 Å². The predicted molar refractivity (Wildman–Crippen MR) is 98.2 cm³/mol. The van der Waals surface area contributed by atoms with Gasteiger partial charge in [-0.05, 0) is 57.2 Å². The first-order valence-electron chi connectivity index (χ1n) is 9.64. The highest BCUT2D eigenvalue weighted by atomic mass is 16.5. The van der Waals surface area contributed by atoms with Crippen molar-refractivity contribution in [1.82, 2.24) is 9.80 Å². The fourth-order valence-electron chi connectivity index (χ4n) is 5.10. The van der Waals surface area contributed by atoms with Crippen molar-refractivity contribution in [2.75, 3.05) is 40.4 Å². The molecular weight excluding hydrogens is 312 g/mol. The monoisotopic (exact) mass is 342 g/mol. The summed E-state index contributed by atoms with van der Waals surface area (Å²) in [6, 6.07) is 11.0. The molecule has 0 bridgehead atoms. The summed E-state index contributed by atoms with van der Waals surface area (Å²) in [5.74, 6) is 0.458. The number of hydrogen-bond donors (Lipinski definition) is 0. The van der Waals surface area contributed by atoms with E-state index in [-0.39, 0.29) is 11.5 Å². The van der Waals surface area contributed by atoms with Gasteiger partial charge >= 0.3 is 0 Å². The number of carbonyl (C=O) groups is 1. The molecule has 0 unspecified atom stereocenters. The molecule has 1 aliphatic carbocycles. The van der Waals surface area contributed by atoms with Crippen LogP contribution in [0.4, 0.5) is 0 Å². The zero-order valence-electron chi connectivity index (χ0n) is 15.5. The Balaban J connectivity index is 1.46. The van der Waals surface area contributed by atoms with E-state index < -0.39 is 0 Å². The zero-order chi connectivity index (χ0) is 17.5. The van der Waals surface area contributed by atoms with Gasteiger partial charge in [0.15, 0.2) is 0 Å². The average Bonchev–Trinajstić information content (AvgIpc) is 2.99. The van der Waals surface area contributed by atoms with E-state index in [4.69, 9.17) is 4.74 Å². The number of ether oxygens (including phenoxy) is 1. The van der Waals surface area contributed by atoms with Crippen molar-refractivity contribution in [3.63, 3.8) is 0 Å². The van der Waals surface area contributed by atoms with Crippen molar-refractivity contribution in [3.8, 4) is 0 Å². The van der Waals surface area contributed by atoms with E-state index in [0.29, 0.717) is 24.5 Å². The predicted octanol–water partition coefficient (Wildman–Crippen LogP) is 2.88. The summed E-state index contributed by atoms with van der Waals surface area (Å²) in [7, 11) is 4.43. The first kappa shape index (κ1) is 17.0. The van der Waals surface area contributed by atoms with Crippen LogP contribution in [-0.4, -0.2) is 56.1 Å². The number of rotatable bonds is 3. The van der Waals surface area contributed by atoms with Gasteiger partial charge in [0.05, 0.1) is 19.1 Å². The SMILES string of the molecule is CN(C)C1(c2ccccc2)CCC2(CCN(C(=O)C3COC3)C2)CC1. The largest absolute Gasteiger partial charge is 0.380 e. The maximum atomic E-state index is 12.5.